The number of aryl methyl sites for hydroxylation is 1. The molecular weight excluding hydrogens is 520 g/mol. The van der Waals surface area contributed by atoms with Crippen molar-refractivity contribution >= 4 is 23.4 Å². The highest BCUT2D eigenvalue weighted by molar-refractivity contribution is 6.46. The molecule has 1 aromatic heterocycles. The maximum absolute atomic E-state index is 13.4. The standard InChI is InChI=1S/C33H28N2O6/c1-21-4-3-5-23(18-21)20-41-27-12-10-25(11-13-27)30(36)28-29(24-6-8-26(9-7-24)33(39)40-2)35(32(38)31(28)37)19-22-14-16-34-17-15-22/h3-18,29,36H,19-20H2,1-2H3/t29-/m1/s1. The minimum Gasteiger partial charge on any atom is -0.507 e. The summed E-state index contributed by atoms with van der Waals surface area (Å²) in [6.07, 6.45) is 3.21. The van der Waals surface area contributed by atoms with Crippen LogP contribution in [-0.2, 0) is 27.5 Å². The number of esters is 1. The Labute approximate surface area is 237 Å². The van der Waals surface area contributed by atoms with Crippen molar-refractivity contribution in [3.8, 4) is 5.75 Å². The number of likely N-dealkylation sites (tertiary alicyclic amines) is 1. The van der Waals surface area contributed by atoms with Crippen LogP contribution in [0.1, 0.15) is 44.2 Å². The molecule has 1 saturated heterocycles. The SMILES string of the molecule is COC(=O)c1ccc([C@@H]2C(=C(O)c3ccc(OCc4cccc(C)c4)cc3)C(=O)C(=O)N2Cc2ccncc2)cc1. The molecule has 41 heavy (non-hydrogen) atoms. The van der Waals surface area contributed by atoms with Gasteiger partial charge in [-0.3, -0.25) is 14.6 Å². The molecule has 2 heterocycles. The minimum atomic E-state index is -0.882. The maximum atomic E-state index is 13.4. The van der Waals surface area contributed by atoms with Crippen LogP contribution in [0.5, 0.6) is 5.75 Å². The second-order valence-corrected chi connectivity index (χ2v) is 9.70. The van der Waals surface area contributed by atoms with Gasteiger partial charge in [-0.25, -0.2) is 4.79 Å². The number of hydrogen-bond acceptors (Lipinski definition) is 7. The zero-order chi connectivity index (χ0) is 28.9. The number of methoxy groups -OCH3 is 1. The minimum absolute atomic E-state index is 0.0386. The van der Waals surface area contributed by atoms with Gasteiger partial charge in [0, 0.05) is 24.5 Å². The molecule has 0 spiro atoms. The van der Waals surface area contributed by atoms with Gasteiger partial charge in [-0.2, -0.15) is 0 Å². The van der Waals surface area contributed by atoms with Crippen molar-refractivity contribution in [2.75, 3.05) is 7.11 Å². The van der Waals surface area contributed by atoms with E-state index in [1.54, 1.807) is 73.1 Å². The Balaban J connectivity index is 1.48. The molecular formula is C33H28N2O6. The fraction of sp³-hybridized carbons (Fsp3) is 0.152. The van der Waals surface area contributed by atoms with Crippen molar-refractivity contribution in [3.05, 3.63) is 136 Å². The van der Waals surface area contributed by atoms with Gasteiger partial charge in [-0.1, -0.05) is 42.0 Å². The van der Waals surface area contributed by atoms with Crippen molar-refractivity contribution in [2.24, 2.45) is 0 Å². The van der Waals surface area contributed by atoms with Crippen molar-refractivity contribution in [3.63, 3.8) is 0 Å². The van der Waals surface area contributed by atoms with Crippen LogP contribution in [-0.4, -0.2) is 39.8 Å². The van der Waals surface area contributed by atoms with Crippen molar-refractivity contribution in [1.82, 2.24) is 9.88 Å². The Morgan fingerprint density at radius 1 is 0.902 bits per heavy atom. The summed E-state index contributed by atoms with van der Waals surface area (Å²) >= 11 is 0. The van der Waals surface area contributed by atoms with Gasteiger partial charge in [0.1, 0.15) is 18.1 Å². The Hall–Kier alpha value is -5.24. The number of ketones is 1. The Bertz CT molecular complexity index is 1610. The number of aromatic nitrogens is 1. The third kappa shape index (κ3) is 5.86. The van der Waals surface area contributed by atoms with E-state index >= 15 is 0 Å². The molecule has 0 saturated carbocycles. The highest BCUT2D eigenvalue weighted by atomic mass is 16.5. The van der Waals surface area contributed by atoms with E-state index in [0.717, 1.165) is 16.7 Å². The first kappa shape index (κ1) is 27.3. The smallest absolute Gasteiger partial charge is 0.337 e. The van der Waals surface area contributed by atoms with Crippen LogP contribution in [0.2, 0.25) is 0 Å². The van der Waals surface area contributed by atoms with E-state index in [2.05, 4.69) is 4.98 Å². The number of amides is 1. The number of carbonyl (C=O) groups excluding carboxylic acids is 3. The summed E-state index contributed by atoms with van der Waals surface area (Å²) in [7, 11) is 1.29. The number of pyridine rings is 1. The Morgan fingerprint density at radius 2 is 1.59 bits per heavy atom. The lowest BCUT2D eigenvalue weighted by Gasteiger charge is -2.25. The average molecular weight is 549 g/mol. The highest BCUT2D eigenvalue weighted by Gasteiger charge is 2.46. The number of nitrogens with zero attached hydrogens (tertiary/aromatic N) is 2. The van der Waals surface area contributed by atoms with E-state index in [9.17, 15) is 19.5 Å². The van der Waals surface area contributed by atoms with Gasteiger partial charge in [-0.05, 0) is 72.1 Å². The van der Waals surface area contributed by atoms with Crippen LogP contribution in [0, 0.1) is 6.92 Å². The first-order valence-electron chi connectivity index (χ1n) is 13.0. The van der Waals surface area contributed by atoms with E-state index in [4.69, 9.17) is 9.47 Å². The lowest BCUT2D eigenvalue weighted by molar-refractivity contribution is -0.140. The molecule has 0 aliphatic carbocycles. The maximum Gasteiger partial charge on any atom is 0.337 e. The predicted molar refractivity (Wildman–Crippen MR) is 152 cm³/mol. The number of hydrogen-bond donors (Lipinski definition) is 1. The molecule has 8 heteroatoms. The zero-order valence-electron chi connectivity index (χ0n) is 22.6. The quantitative estimate of drug-likeness (QED) is 0.136. The van der Waals surface area contributed by atoms with Gasteiger partial charge in [0.25, 0.3) is 11.7 Å². The van der Waals surface area contributed by atoms with Crippen molar-refractivity contribution in [1.29, 1.82) is 0 Å². The molecule has 1 N–H and O–H groups in total. The molecule has 3 aromatic carbocycles. The Kier molecular flexibility index (Phi) is 7.92. The van der Waals surface area contributed by atoms with Crippen molar-refractivity contribution in [2.45, 2.75) is 26.1 Å². The van der Waals surface area contributed by atoms with Crippen LogP contribution in [0.3, 0.4) is 0 Å². The normalized spacial score (nSPS) is 16.0. The summed E-state index contributed by atoms with van der Waals surface area (Å²) in [6.45, 7) is 2.52. The average Bonchev–Trinajstić information content (AvgIpc) is 3.25. The fourth-order valence-corrected chi connectivity index (χ4v) is 4.83. The van der Waals surface area contributed by atoms with Crippen LogP contribution >= 0.6 is 0 Å². The number of aliphatic hydroxyl groups is 1. The highest BCUT2D eigenvalue weighted by Crippen LogP contribution is 2.40. The Morgan fingerprint density at radius 3 is 2.24 bits per heavy atom. The van der Waals surface area contributed by atoms with Crippen LogP contribution in [0.15, 0.2) is 103 Å². The number of benzene rings is 3. The van der Waals surface area contributed by atoms with Crippen LogP contribution in [0.4, 0.5) is 0 Å². The summed E-state index contributed by atoms with van der Waals surface area (Å²) in [5.41, 5.74) is 4.15. The van der Waals surface area contributed by atoms with Crippen molar-refractivity contribution < 1.29 is 29.0 Å². The largest absolute Gasteiger partial charge is 0.507 e. The summed E-state index contributed by atoms with van der Waals surface area (Å²) < 4.78 is 10.7. The van der Waals surface area contributed by atoms with Gasteiger partial charge in [-0.15, -0.1) is 0 Å². The van der Waals surface area contributed by atoms with Crippen LogP contribution < -0.4 is 4.74 Å². The topological polar surface area (TPSA) is 106 Å². The lowest BCUT2D eigenvalue weighted by Crippen LogP contribution is -2.29. The fourth-order valence-electron chi connectivity index (χ4n) is 4.83. The predicted octanol–water partition coefficient (Wildman–Crippen LogP) is 5.38. The lowest BCUT2D eigenvalue weighted by atomic mass is 9.94. The van der Waals surface area contributed by atoms with E-state index in [0.29, 0.717) is 29.0 Å². The number of rotatable bonds is 8. The van der Waals surface area contributed by atoms with E-state index in [1.807, 2.05) is 31.2 Å². The van der Waals surface area contributed by atoms with Gasteiger partial charge in [0.2, 0.25) is 0 Å². The van der Waals surface area contributed by atoms with Gasteiger partial charge < -0.3 is 19.5 Å². The number of carbonyl (C=O) groups is 3. The molecule has 5 rings (SSSR count). The second kappa shape index (κ2) is 11.9. The number of aliphatic hydroxyl groups excluding tert-OH is 1. The van der Waals surface area contributed by atoms with E-state index in [1.165, 1.54) is 12.0 Å². The summed E-state index contributed by atoms with van der Waals surface area (Å²) in [4.78, 5) is 44.0. The molecule has 1 fully saturated rings. The summed E-state index contributed by atoms with van der Waals surface area (Å²) in [6, 6.07) is 23.8. The van der Waals surface area contributed by atoms with Gasteiger partial charge in [0.15, 0.2) is 0 Å². The first-order valence-corrected chi connectivity index (χ1v) is 13.0. The summed E-state index contributed by atoms with van der Waals surface area (Å²) in [5.74, 6) is -1.74. The molecule has 1 atom stereocenters. The molecule has 1 aliphatic rings. The van der Waals surface area contributed by atoms with E-state index in [-0.39, 0.29) is 17.9 Å². The van der Waals surface area contributed by atoms with Gasteiger partial charge in [0.05, 0.1) is 24.3 Å². The second-order valence-electron chi connectivity index (χ2n) is 9.70. The van der Waals surface area contributed by atoms with Gasteiger partial charge >= 0.3 is 5.97 Å². The molecule has 0 bridgehead atoms. The molecule has 1 aliphatic heterocycles. The van der Waals surface area contributed by atoms with E-state index < -0.39 is 23.7 Å². The van der Waals surface area contributed by atoms with Crippen LogP contribution in [0.25, 0.3) is 5.76 Å². The molecule has 0 radical (unpaired) electrons. The third-order valence-electron chi connectivity index (χ3n) is 6.91. The molecule has 8 nitrogen and oxygen atoms in total. The number of ether oxygens (including phenoxy) is 2. The molecule has 4 aromatic rings. The monoisotopic (exact) mass is 548 g/mol. The first-order chi connectivity index (χ1) is 19.9. The molecule has 1 amide bonds. The molecule has 206 valence electrons. The zero-order valence-corrected chi connectivity index (χ0v) is 22.6. The summed E-state index contributed by atoms with van der Waals surface area (Å²) in [5, 5.41) is 11.4. The third-order valence-corrected chi connectivity index (χ3v) is 6.91. The molecule has 0 unspecified atom stereocenters. The number of Topliss-reactive ketones (excluding diaryl/α,β-unsaturated/α-hetero) is 1.